The molecule has 1 rings (SSSR count). The molecule has 0 radical (unpaired) electrons. The summed E-state index contributed by atoms with van der Waals surface area (Å²) in [5, 5.41) is 0. The normalized spacial score (nSPS) is 25.1. The van der Waals surface area contributed by atoms with Crippen molar-refractivity contribution in [1.29, 1.82) is 0 Å². The molecule has 0 aromatic rings. The molecular weight excluding hydrogens is 272 g/mol. The van der Waals surface area contributed by atoms with Gasteiger partial charge in [-0.3, -0.25) is 0 Å². The van der Waals surface area contributed by atoms with Gasteiger partial charge in [0.1, 0.15) is 0 Å². The molecule has 0 aromatic carbocycles. The van der Waals surface area contributed by atoms with Gasteiger partial charge in [0.25, 0.3) is 0 Å². The van der Waals surface area contributed by atoms with Crippen molar-refractivity contribution in [3.05, 3.63) is 0 Å². The third kappa shape index (κ3) is 5.70. The molecule has 0 bridgehead atoms. The van der Waals surface area contributed by atoms with Crippen LogP contribution in [0.2, 0.25) is 0 Å². The van der Waals surface area contributed by atoms with Crippen molar-refractivity contribution in [3.8, 4) is 0 Å². The smallest absolute Gasteiger partial charge is 0.214 e. The van der Waals surface area contributed by atoms with E-state index in [2.05, 4.69) is 20.8 Å². The zero-order valence-corrected chi connectivity index (χ0v) is 14.4. The molecule has 1 aliphatic carbocycles. The predicted octanol–water partition coefficient (Wildman–Crippen LogP) is 2.73. The van der Waals surface area contributed by atoms with Crippen molar-refractivity contribution in [2.24, 2.45) is 11.1 Å². The highest BCUT2D eigenvalue weighted by molar-refractivity contribution is 7.89. The number of rotatable bonds is 6. The molecule has 0 amide bonds. The summed E-state index contributed by atoms with van der Waals surface area (Å²) in [6.45, 7) is 8.96. The van der Waals surface area contributed by atoms with Gasteiger partial charge in [-0.2, -0.15) is 4.31 Å². The monoisotopic (exact) mass is 304 g/mol. The summed E-state index contributed by atoms with van der Waals surface area (Å²) in [6, 6.07) is 0.423. The zero-order valence-electron chi connectivity index (χ0n) is 13.6. The molecule has 0 saturated heterocycles. The summed E-state index contributed by atoms with van der Waals surface area (Å²) in [7, 11) is -3.14. The largest absolute Gasteiger partial charge is 0.328 e. The molecule has 0 aliphatic heterocycles. The van der Waals surface area contributed by atoms with Gasteiger partial charge < -0.3 is 5.73 Å². The quantitative estimate of drug-likeness (QED) is 0.820. The van der Waals surface area contributed by atoms with E-state index in [9.17, 15) is 8.42 Å². The van der Waals surface area contributed by atoms with Crippen LogP contribution in [0.3, 0.4) is 0 Å². The predicted molar refractivity (Wildman–Crippen MR) is 85.1 cm³/mol. The number of nitrogens with two attached hydrogens (primary N) is 1. The average Bonchev–Trinajstić information content (AvgIpc) is 2.34. The van der Waals surface area contributed by atoms with Gasteiger partial charge in [0, 0.05) is 18.6 Å². The topological polar surface area (TPSA) is 63.4 Å². The van der Waals surface area contributed by atoms with E-state index in [-0.39, 0.29) is 23.3 Å². The van der Waals surface area contributed by atoms with E-state index in [1.165, 1.54) is 0 Å². The SMILES string of the molecule is CCCN(C1CCC(N)CC1)S(=O)(=O)CCC(C)(C)C. The summed E-state index contributed by atoms with van der Waals surface area (Å²) < 4.78 is 27.1. The molecule has 0 heterocycles. The van der Waals surface area contributed by atoms with Crippen LogP contribution in [-0.2, 0) is 10.0 Å². The van der Waals surface area contributed by atoms with E-state index >= 15 is 0 Å². The van der Waals surface area contributed by atoms with Crippen LogP contribution in [0.15, 0.2) is 0 Å². The summed E-state index contributed by atoms with van der Waals surface area (Å²) in [4.78, 5) is 0. The van der Waals surface area contributed by atoms with Crippen LogP contribution in [0.5, 0.6) is 0 Å². The molecule has 120 valence electrons. The Hall–Kier alpha value is -0.130. The molecule has 5 heteroatoms. The minimum atomic E-state index is -3.14. The molecule has 0 aromatic heterocycles. The van der Waals surface area contributed by atoms with Gasteiger partial charge >= 0.3 is 0 Å². The first kappa shape index (κ1) is 17.9. The Morgan fingerprint density at radius 3 is 2.15 bits per heavy atom. The number of nitrogens with zero attached hydrogens (tertiary/aromatic N) is 1. The lowest BCUT2D eigenvalue weighted by atomic mass is 9.92. The van der Waals surface area contributed by atoms with Crippen molar-refractivity contribution in [2.45, 2.75) is 78.3 Å². The molecule has 1 saturated carbocycles. The number of sulfonamides is 1. The maximum Gasteiger partial charge on any atom is 0.214 e. The Kier molecular flexibility index (Phi) is 6.48. The minimum Gasteiger partial charge on any atom is -0.328 e. The second-order valence-corrected chi connectivity index (χ2v) is 9.35. The lowest BCUT2D eigenvalue weighted by molar-refractivity contribution is 0.239. The number of hydrogen-bond donors (Lipinski definition) is 1. The molecule has 2 N–H and O–H groups in total. The van der Waals surface area contributed by atoms with E-state index in [0.29, 0.717) is 13.0 Å². The van der Waals surface area contributed by atoms with Crippen molar-refractivity contribution in [1.82, 2.24) is 4.31 Å². The standard InChI is InChI=1S/C15H32N2O2S/c1-5-11-17(14-8-6-13(16)7-9-14)20(18,19)12-10-15(2,3)4/h13-14H,5-12,16H2,1-4H3. The molecule has 1 aliphatic rings. The van der Waals surface area contributed by atoms with Crippen LogP contribution in [0.4, 0.5) is 0 Å². The Bertz CT molecular complexity index is 379. The van der Waals surface area contributed by atoms with Gasteiger partial charge in [0.05, 0.1) is 5.75 Å². The molecule has 1 fully saturated rings. The second-order valence-electron chi connectivity index (χ2n) is 7.31. The molecular formula is C15H32N2O2S. The van der Waals surface area contributed by atoms with E-state index < -0.39 is 10.0 Å². The Labute approximate surface area is 125 Å². The maximum atomic E-state index is 12.6. The van der Waals surface area contributed by atoms with Gasteiger partial charge in [-0.25, -0.2) is 8.42 Å². The molecule has 0 atom stereocenters. The van der Waals surface area contributed by atoms with Crippen molar-refractivity contribution in [3.63, 3.8) is 0 Å². The highest BCUT2D eigenvalue weighted by Crippen LogP contribution is 2.27. The summed E-state index contributed by atoms with van der Waals surface area (Å²) in [6.07, 6.45) is 5.30. The first-order valence-corrected chi connectivity index (χ1v) is 9.52. The second kappa shape index (κ2) is 7.23. The highest BCUT2D eigenvalue weighted by Gasteiger charge is 2.32. The van der Waals surface area contributed by atoms with Crippen LogP contribution in [0.25, 0.3) is 0 Å². The zero-order chi connectivity index (χ0) is 15.4. The fourth-order valence-corrected chi connectivity index (χ4v) is 4.94. The third-order valence-electron chi connectivity index (χ3n) is 4.06. The molecule has 20 heavy (non-hydrogen) atoms. The number of hydrogen-bond acceptors (Lipinski definition) is 3. The molecule has 4 nitrogen and oxygen atoms in total. The first-order chi connectivity index (χ1) is 9.15. The first-order valence-electron chi connectivity index (χ1n) is 7.91. The van der Waals surface area contributed by atoms with Crippen molar-refractivity contribution < 1.29 is 8.42 Å². The van der Waals surface area contributed by atoms with Gasteiger partial charge in [0.2, 0.25) is 10.0 Å². The van der Waals surface area contributed by atoms with Crippen molar-refractivity contribution >= 4 is 10.0 Å². The Balaban J connectivity index is 2.73. The van der Waals surface area contributed by atoms with Crippen molar-refractivity contribution in [2.75, 3.05) is 12.3 Å². The Morgan fingerprint density at radius 1 is 1.15 bits per heavy atom. The highest BCUT2D eigenvalue weighted by atomic mass is 32.2. The average molecular weight is 304 g/mol. The van der Waals surface area contributed by atoms with Crippen LogP contribution >= 0.6 is 0 Å². The molecule has 0 unspecified atom stereocenters. The third-order valence-corrected chi connectivity index (χ3v) is 5.98. The molecule has 0 spiro atoms. The summed E-state index contributed by atoms with van der Waals surface area (Å²) >= 11 is 0. The van der Waals surface area contributed by atoms with E-state index in [1.807, 2.05) is 6.92 Å². The van der Waals surface area contributed by atoms with Crippen LogP contribution in [0.1, 0.15) is 66.2 Å². The van der Waals surface area contributed by atoms with Crippen LogP contribution in [0, 0.1) is 5.41 Å². The summed E-state index contributed by atoms with van der Waals surface area (Å²) in [5.74, 6) is 0.263. The van der Waals surface area contributed by atoms with Gasteiger partial charge in [-0.15, -0.1) is 0 Å². The Morgan fingerprint density at radius 2 is 1.70 bits per heavy atom. The fraction of sp³-hybridized carbons (Fsp3) is 1.00. The van der Waals surface area contributed by atoms with E-state index in [1.54, 1.807) is 4.31 Å². The van der Waals surface area contributed by atoms with Gasteiger partial charge in [-0.05, 0) is 43.9 Å². The summed E-state index contributed by atoms with van der Waals surface area (Å²) in [5.41, 5.74) is 5.98. The van der Waals surface area contributed by atoms with Crippen LogP contribution in [-0.4, -0.2) is 37.1 Å². The van der Waals surface area contributed by atoms with Crippen LogP contribution < -0.4 is 5.73 Å². The lowest BCUT2D eigenvalue weighted by Gasteiger charge is -2.35. The van der Waals surface area contributed by atoms with Gasteiger partial charge in [-0.1, -0.05) is 27.7 Å². The fourth-order valence-electron chi connectivity index (χ4n) is 2.71. The van der Waals surface area contributed by atoms with E-state index in [0.717, 1.165) is 32.1 Å². The maximum absolute atomic E-state index is 12.6. The minimum absolute atomic E-state index is 0.0554. The van der Waals surface area contributed by atoms with Gasteiger partial charge in [0.15, 0.2) is 0 Å². The van der Waals surface area contributed by atoms with E-state index in [4.69, 9.17) is 5.73 Å². The lowest BCUT2D eigenvalue weighted by Crippen LogP contribution is -2.45.